The first kappa shape index (κ1) is 15.7. The lowest BCUT2D eigenvalue weighted by atomic mass is 9.64. The fraction of sp³-hybridized carbons (Fsp3) is 0.750. The molecular formula is C12H20O6Si. The monoisotopic (exact) mass is 288 g/mol. The largest absolute Gasteiger partial charge is 0.481 e. The SMILES string of the molecule is C[Si](C)(C)CCOC(=O)[C@H]1C[C@H](C(=O)O)[C@@H]1C(=O)O. The van der Waals surface area contributed by atoms with Gasteiger partial charge in [-0.15, -0.1) is 0 Å². The number of hydrogen-bond donors (Lipinski definition) is 2. The Labute approximate surface area is 112 Å². The van der Waals surface area contributed by atoms with Gasteiger partial charge in [-0.3, -0.25) is 14.4 Å². The molecule has 0 heterocycles. The number of carbonyl (C=O) groups excluding carboxylic acids is 1. The summed E-state index contributed by atoms with van der Waals surface area (Å²) in [5.74, 6) is -5.95. The van der Waals surface area contributed by atoms with Crippen molar-refractivity contribution >= 4 is 26.0 Å². The summed E-state index contributed by atoms with van der Waals surface area (Å²) in [5, 5.41) is 17.8. The number of rotatable bonds is 6. The average Bonchev–Trinajstić information content (AvgIpc) is 2.11. The van der Waals surface area contributed by atoms with Crippen molar-refractivity contribution in [3.05, 3.63) is 0 Å². The molecule has 108 valence electrons. The van der Waals surface area contributed by atoms with Crippen LogP contribution < -0.4 is 0 Å². The van der Waals surface area contributed by atoms with Crippen molar-refractivity contribution in [3.63, 3.8) is 0 Å². The van der Waals surface area contributed by atoms with Gasteiger partial charge in [0, 0.05) is 8.07 Å². The number of aliphatic carboxylic acids is 2. The van der Waals surface area contributed by atoms with E-state index in [4.69, 9.17) is 14.9 Å². The lowest BCUT2D eigenvalue weighted by Crippen LogP contribution is -2.50. The van der Waals surface area contributed by atoms with Gasteiger partial charge < -0.3 is 14.9 Å². The quantitative estimate of drug-likeness (QED) is 0.564. The third kappa shape index (κ3) is 4.05. The maximum absolute atomic E-state index is 11.7. The summed E-state index contributed by atoms with van der Waals surface area (Å²) >= 11 is 0. The van der Waals surface area contributed by atoms with Crippen LogP contribution >= 0.6 is 0 Å². The number of hydrogen-bond acceptors (Lipinski definition) is 4. The molecule has 0 unspecified atom stereocenters. The molecule has 1 saturated carbocycles. The Bertz CT molecular complexity index is 386. The normalized spacial score (nSPS) is 26.4. The highest BCUT2D eigenvalue weighted by atomic mass is 28.3. The molecule has 0 aromatic rings. The summed E-state index contributed by atoms with van der Waals surface area (Å²) < 4.78 is 5.07. The van der Waals surface area contributed by atoms with Gasteiger partial charge in [0.15, 0.2) is 0 Å². The molecule has 3 atom stereocenters. The van der Waals surface area contributed by atoms with Gasteiger partial charge in [-0.1, -0.05) is 19.6 Å². The Morgan fingerprint density at radius 3 is 2.11 bits per heavy atom. The van der Waals surface area contributed by atoms with Crippen LogP contribution in [0.3, 0.4) is 0 Å². The van der Waals surface area contributed by atoms with Crippen LogP contribution in [-0.4, -0.2) is 42.8 Å². The molecule has 1 fully saturated rings. The smallest absolute Gasteiger partial charge is 0.309 e. The summed E-state index contributed by atoms with van der Waals surface area (Å²) in [5.41, 5.74) is 0. The van der Waals surface area contributed by atoms with Crippen molar-refractivity contribution in [2.45, 2.75) is 32.1 Å². The number of carboxylic acid groups (broad SMARTS) is 2. The van der Waals surface area contributed by atoms with Crippen molar-refractivity contribution < 1.29 is 29.3 Å². The summed E-state index contributed by atoms with van der Waals surface area (Å²) in [6.45, 7) is 6.72. The van der Waals surface area contributed by atoms with Gasteiger partial charge in [-0.25, -0.2) is 0 Å². The van der Waals surface area contributed by atoms with Crippen molar-refractivity contribution in [2.75, 3.05) is 6.61 Å². The minimum atomic E-state index is -1.31. The van der Waals surface area contributed by atoms with Gasteiger partial charge in [0.25, 0.3) is 0 Å². The molecule has 2 N–H and O–H groups in total. The second-order valence-corrected chi connectivity index (χ2v) is 11.8. The van der Waals surface area contributed by atoms with Crippen molar-refractivity contribution in [3.8, 4) is 0 Å². The van der Waals surface area contributed by atoms with E-state index in [1.165, 1.54) is 0 Å². The molecule has 0 aromatic heterocycles. The van der Waals surface area contributed by atoms with Gasteiger partial charge >= 0.3 is 17.9 Å². The standard InChI is InChI=1S/C12H20O6Si/c1-19(2,3)5-4-18-12(17)8-6-7(10(13)14)9(8)11(15)16/h7-9H,4-6H2,1-3H3,(H,13,14)(H,15,16)/t7-,8-,9-/m0/s1. The molecular weight excluding hydrogens is 268 g/mol. The Morgan fingerprint density at radius 1 is 1.11 bits per heavy atom. The first-order valence-electron chi connectivity index (χ1n) is 6.26. The Kier molecular flexibility index (Phi) is 4.73. The van der Waals surface area contributed by atoms with Gasteiger partial charge in [-0.05, 0) is 12.5 Å². The van der Waals surface area contributed by atoms with E-state index in [0.29, 0.717) is 0 Å². The first-order valence-corrected chi connectivity index (χ1v) is 9.96. The molecule has 1 aliphatic rings. The summed E-state index contributed by atoms with van der Waals surface area (Å²) in [6.07, 6.45) is 0.0537. The highest BCUT2D eigenvalue weighted by Gasteiger charge is 2.54. The number of carbonyl (C=O) groups is 3. The van der Waals surface area contributed by atoms with E-state index in [0.717, 1.165) is 6.04 Å². The van der Waals surface area contributed by atoms with Crippen molar-refractivity contribution in [1.29, 1.82) is 0 Å². The van der Waals surface area contributed by atoms with E-state index in [9.17, 15) is 14.4 Å². The van der Waals surface area contributed by atoms with Crippen LogP contribution in [0.2, 0.25) is 25.7 Å². The van der Waals surface area contributed by atoms with Gasteiger partial charge in [-0.2, -0.15) is 0 Å². The van der Waals surface area contributed by atoms with E-state index >= 15 is 0 Å². The number of carboxylic acids is 2. The second kappa shape index (κ2) is 5.73. The second-order valence-electron chi connectivity index (χ2n) is 6.13. The molecule has 0 spiro atoms. The Morgan fingerprint density at radius 2 is 1.68 bits per heavy atom. The predicted octanol–water partition coefficient (Wildman–Crippen LogP) is 1.29. The Balaban J connectivity index is 2.50. The van der Waals surface area contributed by atoms with E-state index in [-0.39, 0.29) is 13.0 Å². The van der Waals surface area contributed by atoms with Crippen LogP contribution in [0.5, 0.6) is 0 Å². The maximum Gasteiger partial charge on any atom is 0.309 e. The molecule has 19 heavy (non-hydrogen) atoms. The van der Waals surface area contributed by atoms with E-state index in [1.54, 1.807) is 0 Å². The Hall–Kier alpha value is -1.37. The highest BCUT2D eigenvalue weighted by molar-refractivity contribution is 6.76. The lowest BCUT2D eigenvalue weighted by Gasteiger charge is -2.37. The van der Waals surface area contributed by atoms with Crippen LogP contribution in [0.4, 0.5) is 0 Å². The molecule has 1 aliphatic carbocycles. The summed E-state index contributed by atoms with van der Waals surface area (Å²) in [7, 11) is -1.31. The molecule has 0 saturated heterocycles. The van der Waals surface area contributed by atoms with Gasteiger partial charge in [0.1, 0.15) is 0 Å². The molecule has 1 rings (SSSR count). The number of ether oxygens (including phenoxy) is 1. The fourth-order valence-electron chi connectivity index (χ4n) is 2.06. The zero-order valence-corrected chi connectivity index (χ0v) is 12.4. The molecule has 0 aliphatic heterocycles. The van der Waals surface area contributed by atoms with Crippen LogP contribution in [0.25, 0.3) is 0 Å². The van der Waals surface area contributed by atoms with Crippen LogP contribution in [0.15, 0.2) is 0 Å². The van der Waals surface area contributed by atoms with Crippen LogP contribution in [0.1, 0.15) is 6.42 Å². The molecule has 6 nitrogen and oxygen atoms in total. The van der Waals surface area contributed by atoms with Crippen LogP contribution in [-0.2, 0) is 19.1 Å². The third-order valence-corrected chi connectivity index (χ3v) is 5.08. The first-order chi connectivity index (χ1) is 8.63. The topological polar surface area (TPSA) is 101 Å². The third-order valence-electron chi connectivity index (χ3n) is 3.38. The molecule has 7 heteroatoms. The highest BCUT2D eigenvalue weighted by Crippen LogP contribution is 2.41. The average molecular weight is 288 g/mol. The minimum absolute atomic E-state index is 0.0537. The van der Waals surface area contributed by atoms with Gasteiger partial charge in [0.2, 0.25) is 0 Å². The molecule has 0 radical (unpaired) electrons. The van der Waals surface area contributed by atoms with Crippen molar-refractivity contribution in [2.24, 2.45) is 17.8 Å². The minimum Gasteiger partial charge on any atom is -0.481 e. The van der Waals surface area contributed by atoms with E-state index in [1.807, 2.05) is 0 Å². The summed E-state index contributed by atoms with van der Waals surface area (Å²) in [4.78, 5) is 33.5. The predicted molar refractivity (Wildman–Crippen MR) is 69.5 cm³/mol. The summed E-state index contributed by atoms with van der Waals surface area (Å²) in [6, 6.07) is 0.811. The molecule has 0 amide bonds. The molecule has 0 aromatic carbocycles. The van der Waals surface area contributed by atoms with E-state index in [2.05, 4.69) is 19.6 Å². The lowest BCUT2D eigenvalue weighted by molar-refractivity contribution is -0.176. The van der Waals surface area contributed by atoms with Crippen molar-refractivity contribution in [1.82, 2.24) is 0 Å². The van der Waals surface area contributed by atoms with Gasteiger partial charge in [0.05, 0.1) is 24.4 Å². The zero-order chi connectivity index (χ0) is 14.8. The maximum atomic E-state index is 11.7. The van der Waals surface area contributed by atoms with E-state index < -0.39 is 43.7 Å². The fourth-order valence-corrected chi connectivity index (χ4v) is 2.77. The molecule has 0 bridgehead atoms. The van der Waals surface area contributed by atoms with Crippen LogP contribution in [0, 0.1) is 17.8 Å². The number of esters is 1. The zero-order valence-electron chi connectivity index (χ0n) is 11.4.